The summed E-state index contributed by atoms with van der Waals surface area (Å²) in [6.45, 7) is 0. The molecule has 160 valence electrons. The summed E-state index contributed by atoms with van der Waals surface area (Å²) >= 11 is 10.4. The van der Waals surface area contributed by atoms with Crippen molar-refractivity contribution in [1.29, 1.82) is 5.26 Å². The number of carbonyl (C=O) groups excluding carboxylic acids is 2. The molecule has 2 N–H and O–H groups in total. The van der Waals surface area contributed by atoms with Gasteiger partial charge in [-0.05, 0) is 35.9 Å². The Balaban J connectivity index is 1.78. The Bertz CT molecular complexity index is 1120. The van der Waals surface area contributed by atoms with Crippen LogP contribution in [-0.4, -0.2) is 24.7 Å². The SMILES string of the molecule is COc1ccc([C@H]2CC(=O)NC(SCC(=O)Nc3ccc(Br)cc3F)=C2C#N)cc1Cl. The Morgan fingerprint density at radius 3 is 2.84 bits per heavy atom. The van der Waals surface area contributed by atoms with Crippen molar-refractivity contribution in [2.45, 2.75) is 12.3 Å². The lowest BCUT2D eigenvalue weighted by Crippen LogP contribution is -2.31. The average molecular weight is 525 g/mol. The van der Waals surface area contributed by atoms with E-state index in [1.54, 1.807) is 24.3 Å². The number of thioether (sulfide) groups is 1. The summed E-state index contributed by atoms with van der Waals surface area (Å²) in [5.41, 5.74) is 1.06. The lowest BCUT2D eigenvalue weighted by molar-refractivity contribution is -0.121. The summed E-state index contributed by atoms with van der Waals surface area (Å²) in [5.74, 6) is -1.46. The number of hydrogen-bond donors (Lipinski definition) is 2. The predicted octanol–water partition coefficient (Wildman–Crippen LogP) is 4.96. The highest BCUT2D eigenvalue weighted by molar-refractivity contribution is 9.10. The molecule has 0 saturated carbocycles. The second kappa shape index (κ2) is 10.2. The number of nitriles is 1. The van der Waals surface area contributed by atoms with Crippen molar-refractivity contribution >= 4 is 56.8 Å². The number of amides is 2. The minimum absolute atomic E-state index is 0.0433. The Kier molecular flexibility index (Phi) is 7.59. The number of methoxy groups -OCH3 is 1. The molecule has 1 aliphatic heterocycles. The maximum Gasteiger partial charge on any atom is 0.234 e. The van der Waals surface area contributed by atoms with Gasteiger partial charge in [0.2, 0.25) is 11.8 Å². The molecular weight excluding hydrogens is 509 g/mol. The lowest BCUT2D eigenvalue weighted by atomic mass is 9.87. The van der Waals surface area contributed by atoms with Gasteiger partial charge in [-0.2, -0.15) is 5.26 Å². The molecule has 0 bridgehead atoms. The summed E-state index contributed by atoms with van der Waals surface area (Å²) in [5, 5.41) is 15.5. The summed E-state index contributed by atoms with van der Waals surface area (Å²) in [4.78, 5) is 24.5. The van der Waals surface area contributed by atoms with E-state index in [1.165, 1.54) is 19.2 Å². The van der Waals surface area contributed by atoms with Crippen LogP contribution < -0.4 is 15.4 Å². The van der Waals surface area contributed by atoms with Crippen LogP contribution in [0.3, 0.4) is 0 Å². The molecule has 1 aliphatic rings. The number of anilines is 1. The third-order valence-corrected chi connectivity index (χ3v) is 6.29. The van der Waals surface area contributed by atoms with Crippen LogP contribution in [-0.2, 0) is 9.59 Å². The van der Waals surface area contributed by atoms with E-state index in [-0.39, 0.29) is 23.8 Å². The van der Waals surface area contributed by atoms with Crippen molar-refractivity contribution in [2.75, 3.05) is 18.2 Å². The molecule has 1 heterocycles. The molecule has 10 heteroatoms. The summed E-state index contributed by atoms with van der Waals surface area (Å²) in [7, 11) is 1.50. The van der Waals surface area contributed by atoms with Gasteiger partial charge in [0.15, 0.2) is 0 Å². The number of carbonyl (C=O) groups is 2. The van der Waals surface area contributed by atoms with Crippen molar-refractivity contribution in [3.05, 3.63) is 67.9 Å². The number of nitrogens with one attached hydrogen (secondary N) is 2. The van der Waals surface area contributed by atoms with Crippen LogP contribution in [0.15, 0.2) is 51.5 Å². The lowest BCUT2D eigenvalue weighted by Gasteiger charge is -2.25. The van der Waals surface area contributed by atoms with Crippen LogP contribution in [0.1, 0.15) is 17.9 Å². The van der Waals surface area contributed by atoms with E-state index in [0.717, 1.165) is 11.8 Å². The second-order valence-electron chi connectivity index (χ2n) is 6.51. The predicted molar refractivity (Wildman–Crippen MR) is 121 cm³/mol. The zero-order valence-corrected chi connectivity index (χ0v) is 19.3. The highest BCUT2D eigenvalue weighted by atomic mass is 79.9. The number of ether oxygens (including phenoxy) is 1. The molecule has 0 saturated heterocycles. The first-order valence-corrected chi connectivity index (χ1v) is 11.1. The third kappa shape index (κ3) is 5.58. The molecule has 0 unspecified atom stereocenters. The van der Waals surface area contributed by atoms with E-state index >= 15 is 0 Å². The van der Waals surface area contributed by atoms with Gasteiger partial charge in [-0.15, -0.1) is 0 Å². The first kappa shape index (κ1) is 23.1. The molecule has 3 rings (SSSR count). The van der Waals surface area contributed by atoms with Gasteiger partial charge in [0.1, 0.15) is 11.6 Å². The number of nitrogens with zero attached hydrogens (tertiary/aromatic N) is 1. The molecular formula is C21H16BrClFN3O3S. The second-order valence-corrected chi connectivity index (χ2v) is 8.82. The van der Waals surface area contributed by atoms with E-state index in [9.17, 15) is 19.2 Å². The molecule has 2 aromatic carbocycles. The Labute approximate surface area is 195 Å². The van der Waals surface area contributed by atoms with Crippen molar-refractivity contribution in [3.63, 3.8) is 0 Å². The fourth-order valence-electron chi connectivity index (χ4n) is 3.03. The topological polar surface area (TPSA) is 91.2 Å². The van der Waals surface area contributed by atoms with Crippen LogP contribution in [0.2, 0.25) is 5.02 Å². The zero-order chi connectivity index (χ0) is 22.5. The maximum absolute atomic E-state index is 13.9. The molecule has 2 amide bonds. The number of benzene rings is 2. The maximum atomic E-state index is 13.9. The molecule has 0 fully saturated rings. The molecule has 0 spiro atoms. The smallest absolute Gasteiger partial charge is 0.234 e. The molecule has 2 aromatic rings. The Hall–Kier alpha value is -2.54. The van der Waals surface area contributed by atoms with E-state index in [4.69, 9.17) is 16.3 Å². The highest BCUT2D eigenvalue weighted by Crippen LogP contribution is 2.38. The number of halogens is 3. The minimum Gasteiger partial charge on any atom is -0.495 e. The van der Waals surface area contributed by atoms with Gasteiger partial charge in [0.25, 0.3) is 0 Å². The van der Waals surface area contributed by atoms with Crippen molar-refractivity contribution in [3.8, 4) is 11.8 Å². The van der Waals surface area contributed by atoms with Gasteiger partial charge in [0.05, 0.1) is 40.2 Å². The van der Waals surface area contributed by atoms with Crippen molar-refractivity contribution in [2.24, 2.45) is 0 Å². The monoisotopic (exact) mass is 523 g/mol. The van der Waals surface area contributed by atoms with Crippen molar-refractivity contribution in [1.82, 2.24) is 5.32 Å². The number of hydrogen-bond acceptors (Lipinski definition) is 5. The fourth-order valence-corrected chi connectivity index (χ4v) is 4.51. The number of rotatable bonds is 6. The first-order chi connectivity index (χ1) is 14.8. The van der Waals surface area contributed by atoms with E-state index in [1.807, 2.05) is 0 Å². The van der Waals surface area contributed by atoms with Gasteiger partial charge in [0, 0.05) is 16.8 Å². The fraction of sp³-hybridized carbons (Fsp3) is 0.190. The van der Waals surface area contributed by atoms with E-state index < -0.39 is 17.6 Å². The van der Waals surface area contributed by atoms with Crippen LogP contribution in [0.4, 0.5) is 10.1 Å². The van der Waals surface area contributed by atoms with Crippen LogP contribution >= 0.6 is 39.3 Å². The average Bonchev–Trinajstić information content (AvgIpc) is 2.73. The zero-order valence-electron chi connectivity index (χ0n) is 16.2. The summed E-state index contributed by atoms with van der Waals surface area (Å²) in [6, 6.07) is 11.5. The third-order valence-electron chi connectivity index (χ3n) is 4.49. The van der Waals surface area contributed by atoms with Crippen molar-refractivity contribution < 1.29 is 18.7 Å². The van der Waals surface area contributed by atoms with Gasteiger partial charge >= 0.3 is 0 Å². The molecule has 6 nitrogen and oxygen atoms in total. The number of allylic oxidation sites excluding steroid dienone is 1. The minimum atomic E-state index is -0.577. The molecule has 0 radical (unpaired) electrons. The van der Waals surface area contributed by atoms with Crippen LogP contribution in [0.5, 0.6) is 5.75 Å². The van der Waals surface area contributed by atoms with Gasteiger partial charge in [-0.25, -0.2) is 4.39 Å². The molecule has 31 heavy (non-hydrogen) atoms. The Morgan fingerprint density at radius 1 is 1.42 bits per heavy atom. The van der Waals surface area contributed by atoms with Gasteiger partial charge in [-0.3, -0.25) is 9.59 Å². The summed E-state index contributed by atoms with van der Waals surface area (Å²) < 4.78 is 19.6. The van der Waals surface area contributed by atoms with Crippen LogP contribution in [0, 0.1) is 17.1 Å². The first-order valence-electron chi connectivity index (χ1n) is 8.97. The van der Waals surface area contributed by atoms with Crippen LogP contribution in [0.25, 0.3) is 0 Å². The standard InChI is InChI=1S/C21H16BrClFN3O3S/c1-30-18-5-2-11(6-15(18)23)13-8-19(28)27-21(14(13)9-25)31-10-20(29)26-17-4-3-12(22)7-16(17)24/h2-7,13H,8,10H2,1H3,(H,26,29)(H,27,28)/t13-/m1/s1. The summed E-state index contributed by atoms with van der Waals surface area (Å²) in [6.07, 6.45) is 0.0753. The highest BCUT2D eigenvalue weighted by Gasteiger charge is 2.30. The Morgan fingerprint density at radius 2 is 2.19 bits per heavy atom. The molecule has 0 aromatic heterocycles. The van der Waals surface area contributed by atoms with E-state index in [2.05, 4.69) is 32.6 Å². The molecule has 1 atom stereocenters. The quantitative estimate of drug-likeness (QED) is 0.557. The van der Waals surface area contributed by atoms with Gasteiger partial charge in [-0.1, -0.05) is 45.4 Å². The normalized spacial score (nSPS) is 15.8. The van der Waals surface area contributed by atoms with E-state index in [0.29, 0.717) is 31.4 Å². The largest absolute Gasteiger partial charge is 0.495 e. The molecule has 0 aliphatic carbocycles. The van der Waals surface area contributed by atoms with Gasteiger partial charge < -0.3 is 15.4 Å².